The molecule has 0 N–H and O–H groups in total. The van der Waals surface area contributed by atoms with Gasteiger partial charge < -0.3 is 4.90 Å². The highest BCUT2D eigenvalue weighted by Gasteiger charge is 2.22. The molecule has 1 fully saturated rings. The summed E-state index contributed by atoms with van der Waals surface area (Å²) in [5.41, 5.74) is 1.06. The molecule has 2 nitrogen and oxygen atoms in total. The third-order valence-electron chi connectivity index (χ3n) is 4.12. The molecule has 1 atom stereocenters. The lowest BCUT2D eigenvalue weighted by atomic mass is 9.91. The number of thioether (sulfide) groups is 1. The van der Waals surface area contributed by atoms with Gasteiger partial charge in [0.25, 0.3) is 0 Å². The van der Waals surface area contributed by atoms with E-state index < -0.39 is 0 Å². The fourth-order valence-corrected chi connectivity index (χ4v) is 3.32. The van der Waals surface area contributed by atoms with E-state index in [1.54, 1.807) is 23.9 Å². The topological polar surface area (TPSA) is 20.3 Å². The number of halogens is 1. The van der Waals surface area contributed by atoms with E-state index in [0.29, 0.717) is 18.2 Å². The monoisotopic (exact) mass is 309 g/mol. The number of benzene rings is 1. The average Bonchev–Trinajstić information content (AvgIpc) is 2.51. The van der Waals surface area contributed by atoms with Crippen LogP contribution < -0.4 is 0 Å². The van der Waals surface area contributed by atoms with Crippen molar-refractivity contribution < 1.29 is 9.18 Å². The van der Waals surface area contributed by atoms with Crippen LogP contribution in [0.1, 0.15) is 31.2 Å². The predicted molar refractivity (Wildman–Crippen MR) is 87.0 cm³/mol. The van der Waals surface area contributed by atoms with E-state index in [2.05, 4.69) is 0 Å². The lowest BCUT2D eigenvalue weighted by Crippen LogP contribution is -2.40. The van der Waals surface area contributed by atoms with Crippen LogP contribution in [0.3, 0.4) is 0 Å². The highest BCUT2D eigenvalue weighted by atomic mass is 32.2. The van der Waals surface area contributed by atoms with Gasteiger partial charge in [0.2, 0.25) is 5.91 Å². The van der Waals surface area contributed by atoms with Gasteiger partial charge in [-0.3, -0.25) is 4.79 Å². The summed E-state index contributed by atoms with van der Waals surface area (Å²) in [6, 6.07) is 6.84. The van der Waals surface area contributed by atoms with E-state index in [0.717, 1.165) is 43.7 Å². The van der Waals surface area contributed by atoms with Crippen LogP contribution in [0.25, 0.3) is 0 Å². The van der Waals surface area contributed by atoms with E-state index in [-0.39, 0.29) is 5.82 Å². The maximum Gasteiger partial charge on any atom is 0.223 e. The Labute approximate surface area is 131 Å². The van der Waals surface area contributed by atoms with Crippen LogP contribution >= 0.6 is 11.8 Å². The van der Waals surface area contributed by atoms with E-state index in [9.17, 15) is 9.18 Å². The molecule has 1 amide bonds. The Morgan fingerprint density at radius 1 is 1.48 bits per heavy atom. The number of amides is 1. The van der Waals surface area contributed by atoms with Crippen LogP contribution in [0.15, 0.2) is 24.3 Å². The number of nitrogens with zero attached hydrogens (tertiary/aromatic N) is 1. The van der Waals surface area contributed by atoms with Gasteiger partial charge in [-0.25, -0.2) is 4.39 Å². The Bertz CT molecular complexity index is 466. The first-order valence-corrected chi connectivity index (χ1v) is 9.09. The van der Waals surface area contributed by atoms with Crippen molar-refractivity contribution in [2.45, 2.75) is 32.1 Å². The van der Waals surface area contributed by atoms with Crippen molar-refractivity contribution in [1.82, 2.24) is 4.90 Å². The van der Waals surface area contributed by atoms with Crippen molar-refractivity contribution in [3.05, 3.63) is 35.6 Å². The van der Waals surface area contributed by atoms with Crippen LogP contribution in [0.4, 0.5) is 4.39 Å². The van der Waals surface area contributed by atoms with Crippen LogP contribution in [-0.4, -0.2) is 35.9 Å². The first-order valence-electron chi connectivity index (χ1n) is 7.70. The highest BCUT2D eigenvalue weighted by Crippen LogP contribution is 2.22. The zero-order valence-electron chi connectivity index (χ0n) is 12.7. The Kier molecular flexibility index (Phi) is 6.55. The van der Waals surface area contributed by atoms with Crippen molar-refractivity contribution in [1.29, 1.82) is 0 Å². The summed E-state index contributed by atoms with van der Waals surface area (Å²) < 4.78 is 13.2. The molecule has 1 heterocycles. The molecular formula is C17H24FNOS. The number of carbonyl (C=O) groups is 1. The Hall–Kier alpha value is -1.03. The summed E-state index contributed by atoms with van der Waals surface area (Å²) >= 11 is 1.72. The second kappa shape index (κ2) is 8.42. The van der Waals surface area contributed by atoms with E-state index in [4.69, 9.17) is 0 Å². The summed E-state index contributed by atoms with van der Waals surface area (Å²) in [5, 5.41) is 0. The maximum absolute atomic E-state index is 13.2. The summed E-state index contributed by atoms with van der Waals surface area (Å²) in [6.45, 7) is 1.78. The standard InChI is InChI=1S/C17H24FNOS/c1-21-11-9-17(20)19-10-3-5-15(13-19)8-7-14-4-2-6-16(18)12-14/h2,4,6,12,15H,3,5,7-11,13H2,1H3. The van der Waals surface area contributed by atoms with Crippen molar-refractivity contribution in [2.24, 2.45) is 5.92 Å². The van der Waals surface area contributed by atoms with Gasteiger partial charge in [0.15, 0.2) is 0 Å². The molecule has 1 aromatic rings. The fraction of sp³-hybridized carbons (Fsp3) is 0.588. The predicted octanol–water partition coefficient (Wildman–Crippen LogP) is 3.75. The molecule has 1 saturated heterocycles. The van der Waals surface area contributed by atoms with Crippen molar-refractivity contribution in [3.63, 3.8) is 0 Å². The highest BCUT2D eigenvalue weighted by molar-refractivity contribution is 7.98. The largest absolute Gasteiger partial charge is 0.342 e. The van der Waals surface area contributed by atoms with E-state index >= 15 is 0 Å². The molecule has 0 aromatic heterocycles. The average molecular weight is 309 g/mol. The summed E-state index contributed by atoms with van der Waals surface area (Å²) in [4.78, 5) is 14.1. The van der Waals surface area contributed by atoms with Gasteiger partial charge in [-0.05, 0) is 55.6 Å². The Morgan fingerprint density at radius 2 is 2.33 bits per heavy atom. The molecule has 4 heteroatoms. The van der Waals surface area contributed by atoms with Gasteiger partial charge in [0.05, 0.1) is 0 Å². The fourth-order valence-electron chi connectivity index (χ4n) is 2.94. The minimum Gasteiger partial charge on any atom is -0.342 e. The number of hydrogen-bond acceptors (Lipinski definition) is 2. The number of rotatable bonds is 6. The molecule has 1 aromatic carbocycles. The molecule has 1 unspecified atom stereocenters. The summed E-state index contributed by atoms with van der Waals surface area (Å²) in [5.74, 6) is 1.59. The van der Waals surface area contributed by atoms with Gasteiger partial charge in [-0.1, -0.05) is 12.1 Å². The van der Waals surface area contributed by atoms with E-state index in [1.807, 2.05) is 17.2 Å². The smallest absolute Gasteiger partial charge is 0.223 e. The molecule has 0 bridgehead atoms. The molecule has 1 aliphatic heterocycles. The van der Waals surface area contributed by atoms with Gasteiger partial charge in [-0.15, -0.1) is 0 Å². The zero-order valence-corrected chi connectivity index (χ0v) is 13.5. The molecule has 1 aliphatic rings. The minimum atomic E-state index is -0.162. The summed E-state index contributed by atoms with van der Waals surface area (Å²) in [7, 11) is 0. The van der Waals surface area contributed by atoms with Crippen LogP contribution in [0.5, 0.6) is 0 Å². The van der Waals surface area contributed by atoms with Crippen molar-refractivity contribution in [3.8, 4) is 0 Å². The number of hydrogen-bond donors (Lipinski definition) is 0. The number of carbonyl (C=O) groups excluding carboxylic acids is 1. The number of likely N-dealkylation sites (tertiary alicyclic amines) is 1. The molecule has 0 saturated carbocycles. The lowest BCUT2D eigenvalue weighted by Gasteiger charge is -2.33. The molecular weight excluding hydrogens is 285 g/mol. The molecule has 21 heavy (non-hydrogen) atoms. The molecule has 0 spiro atoms. The summed E-state index contributed by atoms with van der Waals surface area (Å²) in [6.07, 6.45) is 6.90. The third kappa shape index (κ3) is 5.34. The van der Waals surface area contributed by atoms with Crippen molar-refractivity contribution >= 4 is 17.7 Å². The van der Waals surface area contributed by atoms with Gasteiger partial charge in [-0.2, -0.15) is 11.8 Å². The maximum atomic E-state index is 13.2. The zero-order chi connectivity index (χ0) is 15.1. The quantitative estimate of drug-likeness (QED) is 0.797. The SMILES string of the molecule is CSCCC(=O)N1CCCC(CCc2cccc(F)c2)C1. The number of piperidine rings is 1. The van der Waals surface area contributed by atoms with Crippen LogP contribution in [-0.2, 0) is 11.2 Å². The van der Waals surface area contributed by atoms with E-state index in [1.165, 1.54) is 12.5 Å². The lowest BCUT2D eigenvalue weighted by molar-refractivity contribution is -0.132. The second-order valence-electron chi connectivity index (χ2n) is 5.76. The molecule has 0 aliphatic carbocycles. The second-order valence-corrected chi connectivity index (χ2v) is 6.75. The van der Waals surface area contributed by atoms with Crippen LogP contribution in [0.2, 0.25) is 0 Å². The Morgan fingerprint density at radius 3 is 3.10 bits per heavy atom. The molecule has 2 rings (SSSR count). The molecule has 116 valence electrons. The minimum absolute atomic E-state index is 0.162. The van der Waals surface area contributed by atoms with Gasteiger partial charge in [0.1, 0.15) is 5.82 Å². The first kappa shape index (κ1) is 16.3. The number of aryl methyl sites for hydroxylation is 1. The van der Waals surface area contributed by atoms with Gasteiger partial charge >= 0.3 is 0 Å². The van der Waals surface area contributed by atoms with Crippen LogP contribution in [0, 0.1) is 11.7 Å². The normalized spacial score (nSPS) is 18.8. The van der Waals surface area contributed by atoms with Crippen molar-refractivity contribution in [2.75, 3.05) is 25.1 Å². The van der Waals surface area contributed by atoms with Gasteiger partial charge in [0, 0.05) is 25.3 Å². The Balaban J connectivity index is 1.80. The molecule has 0 radical (unpaired) electrons. The first-order chi connectivity index (χ1) is 10.2. The third-order valence-corrected chi connectivity index (χ3v) is 4.73.